The quantitative estimate of drug-likeness (QED) is 0.696. The number of carbonyl (C=O) groups excluding carboxylic acids is 1. The van der Waals surface area contributed by atoms with Gasteiger partial charge in [-0.25, -0.2) is 4.79 Å². The number of rotatable bonds is 8. The zero-order valence-corrected chi connectivity index (χ0v) is 16.4. The number of hydrogen-bond donors (Lipinski definition) is 1. The first kappa shape index (κ1) is 20.5. The van der Waals surface area contributed by atoms with Crippen molar-refractivity contribution in [1.29, 1.82) is 0 Å². The molecule has 2 amide bonds. The number of nitrogens with one attached hydrogen (secondary N) is 1. The van der Waals surface area contributed by atoms with E-state index in [0.717, 1.165) is 25.0 Å². The Labute approximate surface area is 155 Å². The number of ether oxygens (including phenoxy) is 1. The minimum Gasteiger partial charge on any atom is -0.382 e. The molecule has 0 aromatic heterocycles. The van der Waals surface area contributed by atoms with Crippen LogP contribution in [0.2, 0.25) is 0 Å². The highest BCUT2D eigenvalue weighted by Crippen LogP contribution is 2.19. The number of benzene rings is 1. The molecule has 0 bridgehead atoms. The summed E-state index contributed by atoms with van der Waals surface area (Å²) in [6.07, 6.45) is 1.97. The topological polar surface area (TPSA) is 84.9 Å². The zero-order chi connectivity index (χ0) is 19.2. The summed E-state index contributed by atoms with van der Waals surface area (Å²) < 4.78 is 34.0. The van der Waals surface area contributed by atoms with Crippen LogP contribution in [0.1, 0.15) is 39.2 Å². The Kier molecular flexibility index (Phi) is 7.28. The molecule has 0 radical (unpaired) electrons. The smallest absolute Gasteiger partial charge is 0.317 e. The molecular weight excluding hydrogens is 356 g/mol. The monoisotopic (exact) mass is 384 g/mol. The van der Waals surface area contributed by atoms with Gasteiger partial charge in [0.2, 0.25) is 0 Å². The molecule has 8 heteroatoms. The van der Waals surface area contributed by atoms with Crippen LogP contribution in [0, 0.1) is 0 Å². The highest BCUT2D eigenvalue weighted by Gasteiger charge is 2.23. The number of hydrogen-bond acceptors (Lipinski definition) is 5. The highest BCUT2D eigenvalue weighted by molar-refractivity contribution is 7.87. The van der Waals surface area contributed by atoms with E-state index in [9.17, 15) is 13.2 Å². The van der Waals surface area contributed by atoms with Crippen molar-refractivity contribution in [3.63, 3.8) is 0 Å². The Bertz CT molecular complexity index is 699. The van der Waals surface area contributed by atoms with Gasteiger partial charge in [-0.05, 0) is 51.3 Å². The standard InChI is InChI=1S/C18H28N2O5S/c1-4-26(22,23)25-16-8-5-7-15(11-16)12-20(18(21)19-14(2)3)13-17-9-6-10-24-17/h5,7-8,11,14,17H,4,6,9-10,12-13H2,1-3H3,(H,19,21)/t17-/m0/s1. The summed E-state index contributed by atoms with van der Waals surface area (Å²) in [7, 11) is -3.58. The maximum Gasteiger partial charge on any atom is 0.317 e. The fourth-order valence-corrected chi connectivity index (χ4v) is 3.23. The first-order valence-corrected chi connectivity index (χ1v) is 10.5. The van der Waals surface area contributed by atoms with Crippen LogP contribution in [0.25, 0.3) is 0 Å². The van der Waals surface area contributed by atoms with Crippen molar-refractivity contribution < 1.29 is 22.1 Å². The molecule has 1 saturated heterocycles. The maximum absolute atomic E-state index is 12.5. The SMILES string of the molecule is CCS(=O)(=O)Oc1cccc(CN(C[C@@H]2CCCO2)C(=O)NC(C)C)c1. The molecule has 1 atom stereocenters. The second-order valence-electron chi connectivity index (χ2n) is 6.70. The van der Waals surface area contributed by atoms with E-state index >= 15 is 0 Å². The van der Waals surface area contributed by atoms with Crippen molar-refractivity contribution >= 4 is 16.1 Å². The Morgan fingerprint density at radius 3 is 2.81 bits per heavy atom. The minimum atomic E-state index is -3.58. The molecule has 1 fully saturated rings. The average Bonchev–Trinajstić information content (AvgIpc) is 3.06. The molecule has 146 valence electrons. The van der Waals surface area contributed by atoms with Gasteiger partial charge in [0, 0.05) is 25.7 Å². The average molecular weight is 384 g/mol. The second kappa shape index (κ2) is 9.23. The van der Waals surface area contributed by atoms with Crippen molar-refractivity contribution in [2.75, 3.05) is 18.9 Å². The second-order valence-corrected chi connectivity index (χ2v) is 8.56. The van der Waals surface area contributed by atoms with Gasteiger partial charge < -0.3 is 19.1 Å². The van der Waals surface area contributed by atoms with Gasteiger partial charge in [-0.15, -0.1) is 0 Å². The molecule has 1 heterocycles. The first-order chi connectivity index (χ1) is 12.3. The van der Waals surface area contributed by atoms with Crippen molar-refractivity contribution in [2.45, 2.75) is 52.3 Å². The summed E-state index contributed by atoms with van der Waals surface area (Å²) in [5, 5.41) is 2.90. The fourth-order valence-electron chi connectivity index (χ4n) is 2.71. The van der Waals surface area contributed by atoms with Crippen LogP contribution in [-0.2, 0) is 21.4 Å². The molecule has 1 aliphatic rings. The van der Waals surface area contributed by atoms with Crippen LogP contribution in [0.4, 0.5) is 4.79 Å². The Balaban J connectivity index is 2.11. The molecule has 0 unspecified atom stereocenters. The van der Waals surface area contributed by atoms with Crippen molar-refractivity contribution in [1.82, 2.24) is 10.2 Å². The van der Waals surface area contributed by atoms with Crippen molar-refractivity contribution in [3.8, 4) is 5.75 Å². The maximum atomic E-state index is 12.5. The van der Waals surface area contributed by atoms with E-state index in [1.54, 1.807) is 23.1 Å². The normalized spacial score (nSPS) is 17.3. The number of urea groups is 1. The van der Waals surface area contributed by atoms with Crippen LogP contribution in [-0.4, -0.2) is 50.4 Å². The van der Waals surface area contributed by atoms with Crippen LogP contribution in [0.15, 0.2) is 24.3 Å². The summed E-state index contributed by atoms with van der Waals surface area (Å²) in [4.78, 5) is 14.2. The molecule has 1 aromatic rings. The van der Waals surface area contributed by atoms with Gasteiger partial charge in [0.15, 0.2) is 0 Å². The van der Waals surface area contributed by atoms with E-state index in [1.807, 2.05) is 19.9 Å². The van der Waals surface area contributed by atoms with Gasteiger partial charge in [0.1, 0.15) is 5.75 Å². The van der Waals surface area contributed by atoms with Crippen molar-refractivity contribution in [3.05, 3.63) is 29.8 Å². The summed E-state index contributed by atoms with van der Waals surface area (Å²) >= 11 is 0. The lowest BCUT2D eigenvalue weighted by Gasteiger charge is -2.27. The van der Waals surface area contributed by atoms with Gasteiger partial charge in [0.25, 0.3) is 0 Å². The molecule has 7 nitrogen and oxygen atoms in total. The fraction of sp³-hybridized carbons (Fsp3) is 0.611. The summed E-state index contributed by atoms with van der Waals surface area (Å²) in [5.41, 5.74) is 0.797. The van der Waals surface area contributed by atoms with E-state index in [0.29, 0.717) is 13.1 Å². The third kappa shape index (κ3) is 6.49. The third-order valence-corrected chi connectivity index (χ3v) is 5.15. The van der Waals surface area contributed by atoms with Gasteiger partial charge in [0.05, 0.1) is 11.9 Å². The predicted octanol–water partition coefficient (Wildman–Crippen LogP) is 2.51. The van der Waals surface area contributed by atoms with E-state index in [4.69, 9.17) is 8.92 Å². The van der Waals surface area contributed by atoms with E-state index in [2.05, 4.69) is 5.32 Å². The van der Waals surface area contributed by atoms with E-state index in [1.165, 1.54) is 6.92 Å². The van der Waals surface area contributed by atoms with E-state index < -0.39 is 10.1 Å². The third-order valence-electron chi connectivity index (χ3n) is 4.00. The molecule has 2 rings (SSSR count). The van der Waals surface area contributed by atoms with Crippen LogP contribution in [0.3, 0.4) is 0 Å². The highest BCUT2D eigenvalue weighted by atomic mass is 32.2. The molecule has 26 heavy (non-hydrogen) atoms. The number of nitrogens with zero attached hydrogens (tertiary/aromatic N) is 1. The Hall–Kier alpha value is -1.80. The lowest BCUT2D eigenvalue weighted by atomic mass is 10.2. The first-order valence-electron chi connectivity index (χ1n) is 8.97. The summed E-state index contributed by atoms with van der Waals surface area (Å²) in [6.45, 7) is 6.92. The van der Waals surface area contributed by atoms with Gasteiger partial charge in [-0.1, -0.05) is 12.1 Å². The van der Waals surface area contributed by atoms with Gasteiger partial charge in [-0.3, -0.25) is 0 Å². The predicted molar refractivity (Wildman–Crippen MR) is 99.6 cm³/mol. The zero-order valence-electron chi connectivity index (χ0n) is 15.6. The van der Waals surface area contributed by atoms with Crippen LogP contribution < -0.4 is 9.50 Å². The van der Waals surface area contributed by atoms with Crippen LogP contribution >= 0.6 is 0 Å². The molecule has 0 saturated carbocycles. The molecule has 1 N–H and O–H groups in total. The van der Waals surface area contributed by atoms with Crippen LogP contribution in [0.5, 0.6) is 5.75 Å². The van der Waals surface area contributed by atoms with E-state index in [-0.39, 0.29) is 29.7 Å². The molecule has 0 spiro atoms. The summed E-state index contributed by atoms with van der Waals surface area (Å²) in [5.74, 6) is 0.157. The number of amides is 2. The molecular formula is C18H28N2O5S. The molecule has 1 aromatic carbocycles. The largest absolute Gasteiger partial charge is 0.382 e. The van der Waals surface area contributed by atoms with Crippen molar-refractivity contribution in [2.24, 2.45) is 0 Å². The Morgan fingerprint density at radius 1 is 1.42 bits per heavy atom. The molecule has 1 aliphatic heterocycles. The number of carbonyl (C=O) groups is 1. The lowest BCUT2D eigenvalue weighted by Crippen LogP contribution is -2.45. The molecule has 0 aliphatic carbocycles. The summed E-state index contributed by atoms with van der Waals surface area (Å²) in [6, 6.07) is 6.67. The van der Waals surface area contributed by atoms with Gasteiger partial charge in [-0.2, -0.15) is 8.42 Å². The lowest BCUT2D eigenvalue weighted by molar-refractivity contribution is 0.0791. The Morgan fingerprint density at radius 2 is 2.19 bits per heavy atom. The minimum absolute atomic E-state index is 0.0267. The van der Waals surface area contributed by atoms with Gasteiger partial charge >= 0.3 is 16.1 Å².